The molecule has 4 rings (SSSR count). The second-order valence-corrected chi connectivity index (χ2v) is 10.5. The summed E-state index contributed by atoms with van der Waals surface area (Å²) in [5, 5.41) is 7.46. The molecule has 0 saturated heterocycles. The summed E-state index contributed by atoms with van der Waals surface area (Å²) in [5.74, 6) is -6.81. The van der Waals surface area contributed by atoms with Gasteiger partial charge in [-0.15, -0.1) is 24.5 Å². The molecule has 0 aliphatic heterocycles. The third-order valence-electron chi connectivity index (χ3n) is 4.79. The SMILES string of the molecule is O=C(ON(c1cscn1)S(=O)(=O)c1cc(Cl)c(Oc2ccc(OC(F)(F)F)cc2-c2ccnnc2)cc1F)C(F)(F)F. The summed E-state index contributed by atoms with van der Waals surface area (Å²) >= 11 is 6.83. The number of rotatable bonds is 8. The lowest BCUT2D eigenvalue weighted by molar-refractivity contribution is -0.274. The van der Waals surface area contributed by atoms with Crippen LogP contribution in [0.1, 0.15) is 0 Å². The molecule has 2 heterocycles. The predicted octanol–water partition coefficient (Wildman–Crippen LogP) is 6.30. The van der Waals surface area contributed by atoms with Crippen molar-refractivity contribution in [2.45, 2.75) is 17.4 Å². The monoisotopic (exact) mass is 658 g/mol. The molecule has 0 aliphatic carbocycles. The Hall–Kier alpha value is -4.23. The molecule has 0 amide bonds. The Kier molecular flexibility index (Phi) is 8.46. The van der Waals surface area contributed by atoms with Crippen molar-refractivity contribution < 1.29 is 58.3 Å². The van der Waals surface area contributed by atoms with Crippen LogP contribution < -0.4 is 13.9 Å². The van der Waals surface area contributed by atoms with E-state index in [-0.39, 0.29) is 16.9 Å². The number of halogens is 8. The van der Waals surface area contributed by atoms with Crippen LogP contribution in [0.15, 0.2) is 64.6 Å². The number of hydrogen-bond donors (Lipinski definition) is 0. The van der Waals surface area contributed by atoms with E-state index in [9.17, 15) is 39.6 Å². The first-order valence-corrected chi connectivity index (χ1v) is 13.4. The number of aromatic nitrogens is 3. The molecule has 0 unspecified atom stereocenters. The number of carbonyl (C=O) groups excluding carboxylic acids is 1. The van der Waals surface area contributed by atoms with Gasteiger partial charge in [-0.3, -0.25) is 0 Å². The van der Waals surface area contributed by atoms with Crippen LogP contribution in [0.4, 0.5) is 36.6 Å². The molecule has 0 atom stereocenters. The lowest BCUT2D eigenvalue weighted by Crippen LogP contribution is -2.39. The number of nitrogens with zero attached hydrogens (tertiary/aromatic N) is 4. The summed E-state index contributed by atoms with van der Waals surface area (Å²) in [7, 11) is -5.42. The quantitative estimate of drug-likeness (QED) is 0.159. The largest absolute Gasteiger partial charge is 0.573 e. The van der Waals surface area contributed by atoms with Crippen molar-refractivity contribution in [3.63, 3.8) is 0 Å². The Morgan fingerprint density at radius 1 is 1.00 bits per heavy atom. The molecule has 4 aromatic rings. The molecule has 2 aromatic carbocycles. The molecule has 0 spiro atoms. The lowest BCUT2D eigenvalue weighted by atomic mass is 10.1. The molecule has 0 aliphatic rings. The summed E-state index contributed by atoms with van der Waals surface area (Å²) in [5.41, 5.74) is 1.11. The van der Waals surface area contributed by atoms with Crippen molar-refractivity contribution in [2.75, 3.05) is 4.47 Å². The number of alkyl halides is 6. The third kappa shape index (κ3) is 6.97. The molecular formula is C22H10ClF7N4O6S2. The lowest BCUT2D eigenvalue weighted by Gasteiger charge is -2.21. The highest BCUT2D eigenvalue weighted by Gasteiger charge is 2.46. The van der Waals surface area contributed by atoms with Crippen molar-refractivity contribution in [1.82, 2.24) is 15.2 Å². The van der Waals surface area contributed by atoms with E-state index < -0.39 is 66.1 Å². The van der Waals surface area contributed by atoms with E-state index in [0.717, 1.165) is 46.6 Å². The summed E-state index contributed by atoms with van der Waals surface area (Å²) in [6.45, 7) is 0. The molecule has 222 valence electrons. The molecule has 2 aromatic heterocycles. The molecule has 10 nitrogen and oxygen atoms in total. The maximum atomic E-state index is 15.2. The minimum absolute atomic E-state index is 0.0615. The number of thiazole rings is 1. The van der Waals surface area contributed by atoms with Gasteiger partial charge in [0.1, 0.15) is 28.0 Å². The third-order valence-corrected chi connectivity index (χ3v) is 7.22. The van der Waals surface area contributed by atoms with Crippen molar-refractivity contribution in [1.29, 1.82) is 0 Å². The van der Waals surface area contributed by atoms with Crippen LogP contribution >= 0.6 is 22.9 Å². The average Bonchev–Trinajstić information content (AvgIpc) is 3.43. The van der Waals surface area contributed by atoms with Gasteiger partial charge in [-0.2, -0.15) is 31.8 Å². The van der Waals surface area contributed by atoms with E-state index in [1.54, 1.807) is 0 Å². The van der Waals surface area contributed by atoms with E-state index in [2.05, 4.69) is 24.8 Å². The Morgan fingerprint density at radius 3 is 2.33 bits per heavy atom. The van der Waals surface area contributed by atoms with Crippen molar-refractivity contribution in [3.05, 3.63) is 70.5 Å². The van der Waals surface area contributed by atoms with Crippen molar-refractivity contribution in [2.24, 2.45) is 0 Å². The number of anilines is 1. The molecular weight excluding hydrogens is 649 g/mol. The van der Waals surface area contributed by atoms with Crippen molar-refractivity contribution >= 4 is 44.7 Å². The topological polar surface area (TPSA) is 121 Å². The standard InChI is InChI=1S/C22H10ClF7N4O6S2/c23-14-6-18(42(36,37)34(19-9-41-10-31-19)40-20(35)21(25,26)27)15(24)7-17(14)38-16-2-1-12(39-22(28,29)30)5-13(16)11-3-4-32-33-8-11/h1-10H. The molecule has 20 heteroatoms. The van der Waals surface area contributed by atoms with Crippen LogP contribution in [0.3, 0.4) is 0 Å². The van der Waals surface area contributed by atoms with E-state index in [1.165, 1.54) is 12.3 Å². The first-order chi connectivity index (χ1) is 19.6. The van der Waals surface area contributed by atoms with Gasteiger partial charge in [0.2, 0.25) is 0 Å². The highest BCUT2D eigenvalue weighted by molar-refractivity contribution is 7.92. The fourth-order valence-electron chi connectivity index (χ4n) is 3.11. The Bertz CT molecular complexity index is 1710. The van der Waals surface area contributed by atoms with E-state index in [4.69, 9.17) is 16.3 Å². The molecule has 0 N–H and O–H groups in total. The maximum Gasteiger partial charge on any atom is 0.573 e. The van der Waals surface area contributed by atoms with E-state index >= 15 is 4.39 Å². The highest BCUT2D eigenvalue weighted by atomic mass is 35.5. The van der Waals surface area contributed by atoms with Crippen LogP contribution in [0, 0.1) is 5.82 Å². The van der Waals surface area contributed by atoms with Gasteiger partial charge in [0.15, 0.2) is 5.82 Å². The number of benzene rings is 2. The second-order valence-electron chi connectivity index (χ2n) is 7.61. The molecule has 0 radical (unpaired) electrons. The van der Waals surface area contributed by atoms with E-state index in [0.29, 0.717) is 12.1 Å². The van der Waals surface area contributed by atoms with Gasteiger partial charge in [-0.1, -0.05) is 16.1 Å². The first kappa shape index (κ1) is 30.7. The van der Waals surface area contributed by atoms with Crippen molar-refractivity contribution in [3.8, 4) is 28.4 Å². The predicted molar refractivity (Wildman–Crippen MR) is 130 cm³/mol. The first-order valence-electron chi connectivity index (χ1n) is 10.6. The van der Waals surface area contributed by atoms with Gasteiger partial charge < -0.3 is 14.3 Å². The van der Waals surface area contributed by atoms with Crippen LogP contribution in [-0.4, -0.2) is 42.1 Å². The molecule has 0 bridgehead atoms. The molecule has 0 saturated carbocycles. The second kappa shape index (κ2) is 11.6. The summed E-state index contributed by atoms with van der Waals surface area (Å²) in [4.78, 5) is 17.6. The highest BCUT2D eigenvalue weighted by Crippen LogP contribution is 2.41. The van der Waals surface area contributed by atoms with Gasteiger partial charge in [-0.05, 0) is 30.3 Å². The maximum absolute atomic E-state index is 15.2. The fourth-order valence-corrected chi connectivity index (χ4v) is 5.21. The molecule has 0 fully saturated rings. The van der Waals surface area contributed by atoms with E-state index in [1.807, 2.05) is 0 Å². The zero-order chi connectivity index (χ0) is 30.9. The smallest absolute Gasteiger partial charge is 0.455 e. The fraction of sp³-hybridized carbons (Fsp3) is 0.0909. The van der Waals surface area contributed by atoms with Gasteiger partial charge in [0.05, 0.1) is 22.9 Å². The van der Waals surface area contributed by atoms with Gasteiger partial charge >= 0.3 is 18.5 Å². The zero-order valence-electron chi connectivity index (χ0n) is 19.9. The number of carbonyl (C=O) groups is 1. The number of sulfonamides is 1. The van der Waals surface area contributed by atoms with Crippen LogP contribution in [-0.2, 0) is 19.7 Å². The summed E-state index contributed by atoms with van der Waals surface area (Å²) in [6.07, 6.45) is -8.29. The minimum atomic E-state index is -5.62. The van der Waals surface area contributed by atoms with Crippen LogP contribution in [0.2, 0.25) is 5.02 Å². The average molecular weight is 659 g/mol. The number of ether oxygens (including phenoxy) is 2. The minimum Gasteiger partial charge on any atom is -0.455 e. The molecule has 42 heavy (non-hydrogen) atoms. The Labute approximate surface area is 238 Å². The summed E-state index contributed by atoms with van der Waals surface area (Å²) < 4.78 is 127. The van der Waals surface area contributed by atoms with Gasteiger partial charge in [0.25, 0.3) is 10.0 Å². The summed E-state index contributed by atoms with van der Waals surface area (Å²) in [6, 6.07) is 5.04. The Morgan fingerprint density at radius 2 is 1.74 bits per heavy atom. The van der Waals surface area contributed by atoms with Gasteiger partial charge in [-0.25, -0.2) is 14.2 Å². The van der Waals surface area contributed by atoms with Crippen LogP contribution in [0.5, 0.6) is 17.2 Å². The Balaban J connectivity index is 1.73. The number of hydrogen-bond acceptors (Lipinski definition) is 10. The van der Waals surface area contributed by atoms with Crippen LogP contribution in [0.25, 0.3) is 11.1 Å². The zero-order valence-corrected chi connectivity index (χ0v) is 22.2. The van der Waals surface area contributed by atoms with Gasteiger partial charge in [0, 0.05) is 22.6 Å². The normalized spacial score (nSPS) is 12.1.